The van der Waals surface area contributed by atoms with Crippen molar-refractivity contribution < 1.29 is 47.5 Å². The Morgan fingerprint density at radius 2 is 1.35 bits per heavy atom. The van der Waals surface area contributed by atoms with Crippen molar-refractivity contribution >= 4 is 17.9 Å². The lowest BCUT2D eigenvalue weighted by Crippen LogP contribution is -2.14. The zero-order chi connectivity index (χ0) is 33.3. The molecule has 2 unspecified atom stereocenters. The minimum atomic E-state index is -0.758. The summed E-state index contributed by atoms with van der Waals surface area (Å²) < 4.78 is 38.8. The van der Waals surface area contributed by atoms with Gasteiger partial charge in [-0.1, -0.05) is 30.3 Å². The van der Waals surface area contributed by atoms with E-state index in [-0.39, 0.29) is 34.8 Å². The van der Waals surface area contributed by atoms with Crippen LogP contribution in [-0.4, -0.2) is 56.0 Å². The Labute approximate surface area is 278 Å². The Hall–Kier alpha value is -5.19. The Kier molecular flexibility index (Phi) is 10.3. The molecule has 0 bridgehead atoms. The molecule has 0 aliphatic carbocycles. The average molecular weight is 653 g/mol. The predicted octanol–water partition coefficient (Wildman–Crippen LogP) is 6.60. The third kappa shape index (κ3) is 9.43. The molecule has 0 amide bonds. The van der Waals surface area contributed by atoms with Gasteiger partial charge in [-0.15, -0.1) is 0 Å². The van der Waals surface area contributed by atoms with Gasteiger partial charge in [0, 0.05) is 6.42 Å². The average Bonchev–Trinajstić information content (AvgIpc) is 4.06. The van der Waals surface area contributed by atoms with Crippen LogP contribution in [0.25, 0.3) is 0 Å². The molecule has 0 radical (unpaired) electrons. The van der Waals surface area contributed by atoms with Gasteiger partial charge in [0.2, 0.25) is 0 Å². The van der Waals surface area contributed by atoms with E-state index < -0.39 is 17.9 Å². The van der Waals surface area contributed by atoms with Crippen LogP contribution in [0.3, 0.4) is 0 Å². The van der Waals surface area contributed by atoms with Crippen LogP contribution in [0.1, 0.15) is 62.8 Å². The summed E-state index contributed by atoms with van der Waals surface area (Å²) in [7, 11) is 0. The molecule has 2 atom stereocenters. The first-order valence-electron chi connectivity index (χ1n) is 15.8. The predicted molar refractivity (Wildman–Crippen MR) is 174 cm³/mol. The van der Waals surface area contributed by atoms with Crippen LogP contribution < -0.4 is 18.9 Å². The normalized spacial score (nSPS) is 17.6. The molecule has 2 fully saturated rings. The van der Waals surface area contributed by atoms with E-state index in [1.54, 1.807) is 48.5 Å². The van der Waals surface area contributed by atoms with Crippen molar-refractivity contribution in [2.45, 2.75) is 44.5 Å². The number of rotatable bonds is 16. The van der Waals surface area contributed by atoms with Gasteiger partial charge in [-0.3, -0.25) is 0 Å². The Bertz CT molecular complexity index is 1710. The fourth-order valence-electron chi connectivity index (χ4n) is 4.71. The molecule has 4 aromatic carbocycles. The second-order valence-electron chi connectivity index (χ2n) is 11.8. The molecule has 4 aromatic rings. The third-order valence-corrected chi connectivity index (χ3v) is 7.86. The fourth-order valence-corrected chi connectivity index (χ4v) is 4.71. The minimum Gasteiger partial charge on any atom is -0.494 e. The van der Waals surface area contributed by atoms with E-state index in [1.807, 2.05) is 37.3 Å². The van der Waals surface area contributed by atoms with E-state index in [0.717, 1.165) is 38.0 Å². The van der Waals surface area contributed by atoms with Crippen molar-refractivity contribution in [3.8, 4) is 23.0 Å². The summed E-state index contributed by atoms with van der Waals surface area (Å²) in [5.41, 5.74) is 1.13. The molecule has 0 spiro atoms. The first-order valence-corrected chi connectivity index (χ1v) is 15.8. The maximum atomic E-state index is 13.3. The monoisotopic (exact) mass is 652 g/mol. The number of hydrogen-bond donors (Lipinski definition) is 0. The summed E-state index contributed by atoms with van der Waals surface area (Å²) in [4.78, 5) is 39.3. The number of ether oxygens (including phenoxy) is 7. The summed E-state index contributed by atoms with van der Waals surface area (Å²) in [5, 5.41) is 0. The highest BCUT2D eigenvalue weighted by Crippen LogP contribution is 2.30. The van der Waals surface area contributed by atoms with Gasteiger partial charge < -0.3 is 33.2 Å². The van der Waals surface area contributed by atoms with E-state index in [2.05, 4.69) is 0 Å². The molecule has 0 saturated carbocycles. The van der Waals surface area contributed by atoms with Gasteiger partial charge in [0.1, 0.15) is 35.2 Å². The van der Waals surface area contributed by atoms with Crippen LogP contribution in [0.15, 0.2) is 97.1 Å². The Balaban J connectivity index is 1.11. The van der Waals surface area contributed by atoms with Crippen LogP contribution >= 0.6 is 0 Å². The summed E-state index contributed by atoms with van der Waals surface area (Å²) >= 11 is 0. The first kappa shape index (κ1) is 32.7. The Morgan fingerprint density at radius 3 is 1.98 bits per heavy atom. The van der Waals surface area contributed by atoms with Crippen LogP contribution in [0.2, 0.25) is 0 Å². The summed E-state index contributed by atoms with van der Waals surface area (Å²) in [6.45, 7) is 4.62. The van der Waals surface area contributed by atoms with Crippen molar-refractivity contribution in [2.75, 3.05) is 26.4 Å². The topological polar surface area (TPSA) is 122 Å². The molecule has 2 heterocycles. The van der Waals surface area contributed by atoms with Crippen molar-refractivity contribution in [2.24, 2.45) is 0 Å². The standard InChI is InChI=1S/C38H36O10/c1-38(25-46-38)19-21-43-30-15-11-28(12-16-30)36(40)48-34-18-17-31(22-33(34)37(41)45-23-26-6-3-2-4-7-26)47-35(39)27-9-13-29(14-10-27)42-20-5-8-32-24-44-32/h2-4,6-7,9-18,22,32H,5,8,19-21,23-25H2,1H3. The largest absolute Gasteiger partial charge is 0.494 e. The quantitative estimate of drug-likeness (QED) is 0.0566. The van der Waals surface area contributed by atoms with Crippen molar-refractivity contribution in [1.82, 2.24) is 0 Å². The van der Waals surface area contributed by atoms with Crippen molar-refractivity contribution in [1.29, 1.82) is 0 Å². The first-order chi connectivity index (χ1) is 23.3. The van der Waals surface area contributed by atoms with Crippen LogP contribution in [0.5, 0.6) is 23.0 Å². The lowest BCUT2D eigenvalue weighted by Gasteiger charge is -2.13. The van der Waals surface area contributed by atoms with Gasteiger partial charge >= 0.3 is 17.9 Å². The number of benzene rings is 4. The van der Waals surface area contributed by atoms with Crippen LogP contribution in [0, 0.1) is 0 Å². The molecule has 248 valence electrons. The second kappa shape index (κ2) is 15.1. The van der Waals surface area contributed by atoms with E-state index in [9.17, 15) is 14.4 Å². The summed E-state index contributed by atoms with van der Waals surface area (Å²) in [6, 6.07) is 26.4. The highest BCUT2D eigenvalue weighted by molar-refractivity contribution is 5.97. The van der Waals surface area contributed by atoms with Crippen LogP contribution in [0.4, 0.5) is 0 Å². The van der Waals surface area contributed by atoms with E-state index >= 15 is 0 Å². The molecular formula is C38H36O10. The van der Waals surface area contributed by atoms with E-state index in [1.165, 1.54) is 18.2 Å². The van der Waals surface area contributed by atoms with Gasteiger partial charge in [-0.05, 0) is 92.1 Å². The molecule has 2 saturated heterocycles. The fraction of sp³-hybridized carbons (Fsp3) is 0.289. The SMILES string of the molecule is CC1(CCOc2ccc(C(=O)Oc3ccc(OC(=O)c4ccc(OCCCC5CO5)cc4)cc3C(=O)OCc3ccccc3)cc2)CO1. The molecule has 10 nitrogen and oxygen atoms in total. The van der Waals surface area contributed by atoms with Gasteiger partial charge in [0.05, 0.1) is 49.3 Å². The molecule has 0 aromatic heterocycles. The molecular weight excluding hydrogens is 616 g/mol. The number of esters is 3. The summed E-state index contributed by atoms with van der Waals surface area (Å²) in [5.74, 6) is -0.822. The van der Waals surface area contributed by atoms with Crippen molar-refractivity contribution in [3.05, 3.63) is 119 Å². The van der Waals surface area contributed by atoms with Gasteiger partial charge in [-0.25, -0.2) is 14.4 Å². The minimum absolute atomic E-state index is 0.00735. The number of carbonyl (C=O) groups is 3. The molecule has 2 aliphatic heterocycles. The highest BCUT2D eigenvalue weighted by atomic mass is 16.6. The zero-order valence-corrected chi connectivity index (χ0v) is 26.6. The lowest BCUT2D eigenvalue weighted by atomic mass is 10.1. The molecule has 48 heavy (non-hydrogen) atoms. The van der Waals surface area contributed by atoms with Gasteiger partial charge in [0.25, 0.3) is 0 Å². The Morgan fingerprint density at radius 1 is 0.750 bits per heavy atom. The smallest absolute Gasteiger partial charge is 0.343 e. The third-order valence-electron chi connectivity index (χ3n) is 7.86. The van der Waals surface area contributed by atoms with Crippen molar-refractivity contribution in [3.63, 3.8) is 0 Å². The molecule has 2 aliphatic rings. The summed E-state index contributed by atoms with van der Waals surface area (Å²) in [6.07, 6.45) is 2.97. The van der Waals surface area contributed by atoms with E-state index in [0.29, 0.717) is 36.4 Å². The maximum Gasteiger partial charge on any atom is 0.343 e. The number of epoxide rings is 2. The van der Waals surface area contributed by atoms with Crippen LogP contribution in [-0.2, 0) is 20.8 Å². The number of hydrogen-bond acceptors (Lipinski definition) is 10. The maximum absolute atomic E-state index is 13.3. The van der Waals surface area contributed by atoms with Gasteiger partial charge in [-0.2, -0.15) is 0 Å². The molecule has 10 heteroatoms. The zero-order valence-electron chi connectivity index (χ0n) is 26.6. The second-order valence-corrected chi connectivity index (χ2v) is 11.8. The van der Waals surface area contributed by atoms with Gasteiger partial charge in [0.15, 0.2) is 0 Å². The molecule has 6 rings (SSSR count). The molecule has 0 N–H and O–H groups in total. The number of carbonyl (C=O) groups excluding carboxylic acids is 3. The highest BCUT2D eigenvalue weighted by Gasteiger charge is 2.38. The lowest BCUT2D eigenvalue weighted by molar-refractivity contribution is 0.0465. The van der Waals surface area contributed by atoms with E-state index in [4.69, 9.17) is 33.2 Å².